The van der Waals surface area contributed by atoms with E-state index in [2.05, 4.69) is 31.3 Å². The molecule has 1 N–H and O–H groups in total. The van der Waals surface area contributed by atoms with E-state index >= 15 is 0 Å². The van der Waals surface area contributed by atoms with E-state index < -0.39 is 0 Å². The number of benzene rings is 1. The van der Waals surface area contributed by atoms with E-state index in [1.165, 1.54) is 6.33 Å². The highest BCUT2D eigenvalue weighted by atomic mass is 79.9. The largest absolute Gasteiger partial charge is 0.350 e. The van der Waals surface area contributed by atoms with Gasteiger partial charge < -0.3 is 5.32 Å². The minimum Gasteiger partial charge on any atom is -0.350 e. The van der Waals surface area contributed by atoms with Crippen LogP contribution < -0.4 is 5.32 Å². The molecule has 1 aromatic heterocycles. The molecular weight excluding hydrogens is 296 g/mol. The van der Waals surface area contributed by atoms with Crippen molar-refractivity contribution in [3.8, 4) is 0 Å². The molecule has 0 bridgehead atoms. The molecule has 1 amide bonds. The van der Waals surface area contributed by atoms with Gasteiger partial charge in [-0.1, -0.05) is 22.0 Å². The van der Waals surface area contributed by atoms with E-state index in [1.54, 1.807) is 23.1 Å². The molecule has 0 saturated heterocycles. The fraction of sp³-hybridized carbons (Fsp3) is 0.250. The molecule has 0 fully saturated rings. The lowest BCUT2D eigenvalue weighted by Crippen LogP contribution is -2.29. The topological polar surface area (TPSA) is 59.8 Å². The van der Waals surface area contributed by atoms with Gasteiger partial charge in [-0.15, -0.1) is 0 Å². The Morgan fingerprint density at radius 2 is 2.39 bits per heavy atom. The predicted molar refractivity (Wildman–Crippen MR) is 71.2 cm³/mol. The number of nitrogens with zero attached hydrogens (tertiary/aromatic N) is 3. The Hall–Kier alpha value is -1.69. The number of amides is 1. The summed E-state index contributed by atoms with van der Waals surface area (Å²) >= 11 is 3.34. The third kappa shape index (κ3) is 3.16. The first-order valence-corrected chi connectivity index (χ1v) is 6.34. The van der Waals surface area contributed by atoms with Crippen molar-refractivity contribution in [3.05, 3.63) is 47.0 Å². The molecular formula is C12H13BrN4O. The van der Waals surface area contributed by atoms with Crippen LogP contribution in [0.2, 0.25) is 0 Å². The highest BCUT2D eigenvalue weighted by Gasteiger charge is 2.09. The van der Waals surface area contributed by atoms with Crippen LogP contribution in [-0.4, -0.2) is 27.2 Å². The lowest BCUT2D eigenvalue weighted by Gasteiger charge is -2.12. The van der Waals surface area contributed by atoms with Crippen LogP contribution in [-0.2, 0) is 0 Å². The SMILES string of the molecule is C[C@@H](CNC(=O)c1cccc(Br)c1)n1cncn1. The third-order valence-electron chi connectivity index (χ3n) is 2.53. The van der Waals surface area contributed by atoms with Gasteiger partial charge in [0.1, 0.15) is 12.7 Å². The fourth-order valence-electron chi connectivity index (χ4n) is 1.51. The summed E-state index contributed by atoms with van der Waals surface area (Å²) < 4.78 is 2.60. The Kier molecular flexibility index (Phi) is 4.09. The zero-order valence-corrected chi connectivity index (χ0v) is 11.5. The van der Waals surface area contributed by atoms with Gasteiger partial charge in [-0.05, 0) is 25.1 Å². The van der Waals surface area contributed by atoms with Crippen molar-refractivity contribution in [1.82, 2.24) is 20.1 Å². The van der Waals surface area contributed by atoms with Crippen LogP contribution in [0.4, 0.5) is 0 Å². The number of rotatable bonds is 4. The number of nitrogens with one attached hydrogen (secondary N) is 1. The van der Waals surface area contributed by atoms with Crippen LogP contribution in [0.3, 0.4) is 0 Å². The normalized spacial score (nSPS) is 12.1. The molecule has 0 unspecified atom stereocenters. The highest BCUT2D eigenvalue weighted by Crippen LogP contribution is 2.11. The molecule has 0 saturated carbocycles. The summed E-state index contributed by atoms with van der Waals surface area (Å²) in [6.45, 7) is 2.48. The summed E-state index contributed by atoms with van der Waals surface area (Å²) in [6.07, 6.45) is 3.11. The first-order valence-electron chi connectivity index (χ1n) is 5.54. The van der Waals surface area contributed by atoms with Crippen LogP contribution in [0.25, 0.3) is 0 Å². The van der Waals surface area contributed by atoms with Gasteiger partial charge >= 0.3 is 0 Å². The Balaban J connectivity index is 1.92. The minimum absolute atomic E-state index is 0.0728. The van der Waals surface area contributed by atoms with E-state index in [0.29, 0.717) is 12.1 Å². The van der Waals surface area contributed by atoms with Gasteiger partial charge in [0.2, 0.25) is 0 Å². The van der Waals surface area contributed by atoms with E-state index in [-0.39, 0.29) is 11.9 Å². The number of aromatic nitrogens is 3. The number of carbonyl (C=O) groups is 1. The average Bonchev–Trinajstić information content (AvgIpc) is 2.89. The van der Waals surface area contributed by atoms with E-state index in [9.17, 15) is 4.79 Å². The zero-order valence-electron chi connectivity index (χ0n) is 9.88. The molecule has 0 aliphatic heterocycles. The number of halogens is 1. The van der Waals surface area contributed by atoms with E-state index in [0.717, 1.165) is 4.47 Å². The summed E-state index contributed by atoms with van der Waals surface area (Å²) in [5.41, 5.74) is 0.634. The van der Waals surface area contributed by atoms with Crippen LogP contribution in [0.15, 0.2) is 41.4 Å². The molecule has 0 aliphatic rings. The molecule has 0 aliphatic carbocycles. The monoisotopic (exact) mass is 308 g/mol. The molecule has 1 heterocycles. The van der Waals surface area contributed by atoms with Gasteiger partial charge in [0.05, 0.1) is 6.04 Å². The molecule has 5 nitrogen and oxygen atoms in total. The second-order valence-electron chi connectivity index (χ2n) is 3.94. The van der Waals surface area contributed by atoms with Gasteiger partial charge in [-0.3, -0.25) is 4.79 Å². The first kappa shape index (κ1) is 12.8. The van der Waals surface area contributed by atoms with Crippen molar-refractivity contribution in [2.45, 2.75) is 13.0 Å². The van der Waals surface area contributed by atoms with E-state index in [1.807, 2.05) is 19.1 Å². The first-order chi connectivity index (χ1) is 8.66. The quantitative estimate of drug-likeness (QED) is 0.940. The molecule has 1 atom stereocenters. The van der Waals surface area contributed by atoms with Crippen molar-refractivity contribution in [3.63, 3.8) is 0 Å². The van der Waals surface area contributed by atoms with Gasteiger partial charge in [-0.25, -0.2) is 9.67 Å². The molecule has 2 rings (SSSR count). The Morgan fingerprint density at radius 3 is 3.06 bits per heavy atom. The highest BCUT2D eigenvalue weighted by molar-refractivity contribution is 9.10. The summed E-state index contributed by atoms with van der Waals surface area (Å²) in [5, 5.41) is 6.89. The molecule has 94 valence electrons. The van der Waals surface area contributed by atoms with Gasteiger partial charge in [0.15, 0.2) is 0 Å². The molecule has 18 heavy (non-hydrogen) atoms. The Morgan fingerprint density at radius 1 is 1.56 bits per heavy atom. The lowest BCUT2D eigenvalue weighted by atomic mass is 10.2. The predicted octanol–water partition coefficient (Wildman–Crippen LogP) is 2.03. The Labute approximate surface area is 113 Å². The van der Waals surface area contributed by atoms with Crippen molar-refractivity contribution in [2.75, 3.05) is 6.54 Å². The second-order valence-corrected chi connectivity index (χ2v) is 4.86. The van der Waals surface area contributed by atoms with Crippen LogP contribution in [0.1, 0.15) is 23.3 Å². The van der Waals surface area contributed by atoms with Crippen molar-refractivity contribution in [1.29, 1.82) is 0 Å². The van der Waals surface area contributed by atoms with E-state index in [4.69, 9.17) is 0 Å². The lowest BCUT2D eigenvalue weighted by molar-refractivity contribution is 0.0948. The fourth-order valence-corrected chi connectivity index (χ4v) is 1.91. The number of hydrogen-bond donors (Lipinski definition) is 1. The Bertz CT molecular complexity index is 527. The van der Waals surface area contributed by atoms with Gasteiger partial charge in [0.25, 0.3) is 5.91 Å². The standard InChI is InChI=1S/C12H13BrN4O/c1-9(17-8-14-7-16-17)6-15-12(18)10-3-2-4-11(13)5-10/h2-5,7-9H,6H2,1H3,(H,15,18)/t9-/m0/s1. The number of hydrogen-bond acceptors (Lipinski definition) is 3. The maximum Gasteiger partial charge on any atom is 0.251 e. The van der Waals surface area contributed by atoms with Crippen LogP contribution in [0, 0.1) is 0 Å². The van der Waals surface area contributed by atoms with Crippen LogP contribution in [0.5, 0.6) is 0 Å². The summed E-state index contributed by atoms with van der Waals surface area (Å²) in [7, 11) is 0. The summed E-state index contributed by atoms with van der Waals surface area (Å²) in [4.78, 5) is 15.8. The minimum atomic E-state index is -0.0942. The molecule has 0 spiro atoms. The van der Waals surface area contributed by atoms with Crippen molar-refractivity contribution >= 4 is 21.8 Å². The second kappa shape index (κ2) is 5.77. The van der Waals surface area contributed by atoms with Crippen molar-refractivity contribution in [2.24, 2.45) is 0 Å². The maximum atomic E-state index is 11.9. The summed E-state index contributed by atoms with van der Waals surface area (Å²) in [5.74, 6) is -0.0942. The molecule has 0 radical (unpaired) electrons. The smallest absolute Gasteiger partial charge is 0.251 e. The zero-order chi connectivity index (χ0) is 13.0. The van der Waals surface area contributed by atoms with Crippen molar-refractivity contribution < 1.29 is 4.79 Å². The summed E-state index contributed by atoms with van der Waals surface area (Å²) in [6, 6.07) is 7.35. The third-order valence-corrected chi connectivity index (χ3v) is 3.03. The number of carbonyl (C=O) groups excluding carboxylic acids is 1. The molecule has 6 heteroatoms. The maximum absolute atomic E-state index is 11.9. The van der Waals surface area contributed by atoms with Gasteiger partial charge in [0, 0.05) is 16.6 Å². The molecule has 1 aromatic carbocycles. The van der Waals surface area contributed by atoms with Gasteiger partial charge in [-0.2, -0.15) is 5.10 Å². The molecule has 2 aromatic rings. The van der Waals surface area contributed by atoms with Crippen LogP contribution >= 0.6 is 15.9 Å². The average molecular weight is 309 g/mol.